The van der Waals surface area contributed by atoms with Crippen LogP contribution in [0.25, 0.3) is 11.0 Å². The van der Waals surface area contributed by atoms with Gasteiger partial charge in [-0.15, -0.1) is 0 Å². The van der Waals surface area contributed by atoms with Gasteiger partial charge in [-0.25, -0.2) is 0 Å². The maximum atomic E-state index is 12.5. The molecule has 22 heavy (non-hydrogen) atoms. The van der Waals surface area contributed by atoms with E-state index in [-0.39, 0.29) is 11.9 Å². The summed E-state index contributed by atoms with van der Waals surface area (Å²) in [7, 11) is 1.61. The van der Waals surface area contributed by atoms with Crippen LogP contribution in [0.1, 0.15) is 41.8 Å². The van der Waals surface area contributed by atoms with Gasteiger partial charge >= 0.3 is 0 Å². The summed E-state index contributed by atoms with van der Waals surface area (Å²) in [6, 6.07) is 5.27. The number of aryl methyl sites for hydroxylation is 1. The number of hydrogen-bond donors (Lipinski definition) is 2. The zero-order valence-electron chi connectivity index (χ0n) is 12.9. The Labute approximate surface area is 129 Å². The molecule has 2 N–H and O–H groups in total. The molecular weight excluding hydrogens is 282 g/mol. The van der Waals surface area contributed by atoms with Crippen LogP contribution in [0.4, 0.5) is 0 Å². The van der Waals surface area contributed by atoms with Gasteiger partial charge in [-0.1, -0.05) is 12.8 Å². The van der Waals surface area contributed by atoms with Crippen LogP contribution in [0.2, 0.25) is 0 Å². The number of carbonyl (C=O) groups excluding carboxylic acids is 1. The molecule has 1 fully saturated rings. The number of methoxy groups -OCH3 is 1. The first-order valence-electron chi connectivity index (χ1n) is 7.66. The molecule has 1 heterocycles. The van der Waals surface area contributed by atoms with Gasteiger partial charge in [0.15, 0.2) is 5.76 Å². The van der Waals surface area contributed by atoms with E-state index in [2.05, 4.69) is 5.32 Å². The standard InChI is InChI=1S/C17H21NO4/c1-10-12-9-11(21-2)7-8-15(12)22-16(10)17(20)18-13-5-3-4-6-14(13)19/h7-9,13-14,19H,3-6H2,1-2H3,(H,18,20). The van der Waals surface area contributed by atoms with E-state index in [1.807, 2.05) is 13.0 Å². The molecule has 5 heteroatoms. The highest BCUT2D eigenvalue weighted by Gasteiger charge is 2.27. The van der Waals surface area contributed by atoms with Crippen molar-refractivity contribution in [2.75, 3.05) is 7.11 Å². The molecule has 2 aromatic rings. The molecule has 1 aliphatic carbocycles. The molecular formula is C17H21NO4. The first-order chi connectivity index (χ1) is 10.6. The van der Waals surface area contributed by atoms with Gasteiger partial charge in [0.1, 0.15) is 11.3 Å². The summed E-state index contributed by atoms with van der Waals surface area (Å²) in [6.45, 7) is 1.86. The van der Waals surface area contributed by atoms with Crippen LogP contribution in [-0.2, 0) is 0 Å². The lowest BCUT2D eigenvalue weighted by Crippen LogP contribution is -2.45. The van der Waals surface area contributed by atoms with Gasteiger partial charge in [-0.3, -0.25) is 4.79 Å². The molecule has 1 saturated carbocycles. The van der Waals surface area contributed by atoms with Crippen LogP contribution in [0, 0.1) is 6.92 Å². The zero-order chi connectivity index (χ0) is 15.7. The summed E-state index contributed by atoms with van der Waals surface area (Å²) in [5, 5.41) is 13.8. The number of aliphatic hydroxyl groups excluding tert-OH is 1. The summed E-state index contributed by atoms with van der Waals surface area (Å²) in [6.07, 6.45) is 3.11. The highest BCUT2D eigenvalue weighted by molar-refractivity contribution is 5.99. The van der Waals surface area contributed by atoms with Crippen molar-refractivity contribution in [1.82, 2.24) is 5.32 Å². The Morgan fingerprint density at radius 2 is 2.14 bits per heavy atom. The lowest BCUT2D eigenvalue weighted by Gasteiger charge is -2.28. The molecule has 118 valence electrons. The third kappa shape index (κ3) is 2.68. The van der Waals surface area contributed by atoms with Gasteiger partial charge in [0.25, 0.3) is 5.91 Å². The Kier molecular flexibility index (Phi) is 4.07. The second-order valence-electron chi connectivity index (χ2n) is 5.85. The predicted octanol–water partition coefficient (Wildman–Crippen LogP) is 2.78. The van der Waals surface area contributed by atoms with E-state index in [1.165, 1.54) is 0 Å². The Hall–Kier alpha value is -2.01. The fourth-order valence-corrected chi connectivity index (χ4v) is 3.06. The van der Waals surface area contributed by atoms with Crippen molar-refractivity contribution in [2.24, 2.45) is 0 Å². The van der Waals surface area contributed by atoms with E-state index >= 15 is 0 Å². The summed E-state index contributed by atoms with van der Waals surface area (Å²) in [5.74, 6) is 0.769. The molecule has 1 aromatic carbocycles. The largest absolute Gasteiger partial charge is 0.497 e. The van der Waals surface area contributed by atoms with Gasteiger partial charge in [0.2, 0.25) is 0 Å². The minimum absolute atomic E-state index is 0.191. The highest BCUT2D eigenvalue weighted by atomic mass is 16.5. The molecule has 1 aromatic heterocycles. The molecule has 5 nitrogen and oxygen atoms in total. The van der Waals surface area contributed by atoms with Crippen LogP contribution in [0.15, 0.2) is 22.6 Å². The minimum Gasteiger partial charge on any atom is -0.497 e. The molecule has 2 atom stereocenters. The normalized spacial score (nSPS) is 21.8. The summed E-state index contributed by atoms with van der Waals surface area (Å²) >= 11 is 0. The molecule has 3 rings (SSSR count). The van der Waals surface area contributed by atoms with Gasteiger partial charge in [-0.2, -0.15) is 0 Å². The molecule has 0 aliphatic heterocycles. The third-order valence-electron chi connectivity index (χ3n) is 4.40. The molecule has 0 saturated heterocycles. The lowest BCUT2D eigenvalue weighted by atomic mass is 9.92. The summed E-state index contributed by atoms with van der Waals surface area (Å²) in [4.78, 5) is 12.5. The molecule has 0 bridgehead atoms. The number of carbonyl (C=O) groups is 1. The van der Waals surface area contributed by atoms with Crippen LogP contribution in [0.3, 0.4) is 0 Å². The molecule has 1 amide bonds. The number of furan rings is 1. The lowest BCUT2D eigenvalue weighted by molar-refractivity contribution is 0.0699. The number of aliphatic hydroxyl groups is 1. The average Bonchev–Trinajstić information content (AvgIpc) is 2.86. The number of nitrogens with one attached hydrogen (secondary N) is 1. The monoisotopic (exact) mass is 303 g/mol. The molecule has 0 spiro atoms. The van der Waals surface area contributed by atoms with Crippen molar-refractivity contribution in [2.45, 2.75) is 44.8 Å². The van der Waals surface area contributed by atoms with Crippen molar-refractivity contribution in [3.05, 3.63) is 29.5 Å². The Bertz CT molecular complexity index is 691. The topological polar surface area (TPSA) is 71.7 Å². The van der Waals surface area contributed by atoms with Crippen molar-refractivity contribution < 1.29 is 19.1 Å². The van der Waals surface area contributed by atoms with E-state index in [0.717, 1.165) is 42.4 Å². The van der Waals surface area contributed by atoms with E-state index in [9.17, 15) is 9.90 Å². The smallest absolute Gasteiger partial charge is 0.287 e. The predicted molar refractivity (Wildman–Crippen MR) is 83.2 cm³/mol. The van der Waals surface area contributed by atoms with Gasteiger partial charge in [0, 0.05) is 10.9 Å². The van der Waals surface area contributed by atoms with Gasteiger partial charge in [0.05, 0.1) is 19.3 Å². The Balaban J connectivity index is 1.86. The highest BCUT2D eigenvalue weighted by Crippen LogP contribution is 2.29. The van der Waals surface area contributed by atoms with E-state index in [0.29, 0.717) is 11.3 Å². The summed E-state index contributed by atoms with van der Waals surface area (Å²) in [5.41, 5.74) is 1.45. The van der Waals surface area contributed by atoms with Gasteiger partial charge in [-0.05, 0) is 38.0 Å². The maximum absolute atomic E-state index is 12.5. The first kappa shape index (κ1) is 14.9. The fraction of sp³-hybridized carbons (Fsp3) is 0.471. The van der Waals surface area contributed by atoms with Crippen molar-refractivity contribution >= 4 is 16.9 Å². The average molecular weight is 303 g/mol. The van der Waals surface area contributed by atoms with E-state index in [1.54, 1.807) is 19.2 Å². The van der Waals surface area contributed by atoms with E-state index < -0.39 is 6.10 Å². The van der Waals surface area contributed by atoms with E-state index in [4.69, 9.17) is 9.15 Å². The van der Waals surface area contributed by atoms with Crippen LogP contribution < -0.4 is 10.1 Å². The summed E-state index contributed by atoms with van der Waals surface area (Å²) < 4.78 is 10.9. The third-order valence-corrected chi connectivity index (χ3v) is 4.40. The number of amides is 1. The van der Waals surface area contributed by atoms with Gasteiger partial charge < -0.3 is 19.6 Å². The quantitative estimate of drug-likeness (QED) is 0.914. The molecule has 2 unspecified atom stereocenters. The number of rotatable bonds is 3. The second-order valence-corrected chi connectivity index (χ2v) is 5.85. The van der Waals surface area contributed by atoms with Crippen molar-refractivity contribution in [3.63, 3.8) is 0 Å². The maximum Gasteiger partial charge on any atom is 0.287 e. The van der Waals surface area contributed by atoms with Crippen molar-refractivity contribution in [1.29, 1.82) is 0 Å². The number of ether oxygens (including phenoxy) is 1. The first-order valence-corrected chi connectivity index (χ1v) is 7.66. The zero-order valence-corrected chi connectivity index (χ0v) is 12.9. The minimum atomic E-state index is -0.470. The second kappa shape index (κ2) is 6.01. The fourth-order valence-electron chi connectivity index (χ4n) is 3.06. The Morgan fingerprint density at radius 1 is 1.36 bits per heavy atom. The number of hydrogen-bond acceptors (Lipinski definition) is 4. The number of benzene rings is 1. The molecule has 1 aliphatic rings. The van der Waals surface area contributed by atoms with Crippen LogP contribution >= 0.6 is 0 Å². The SMILES string of the molecule is COc1ccc2oc(C(=O)NC3CCCCC3O)c(C)c2c1. The Morgan fingerprint density at radius 3 is 2.86 bits per heavy atom. The molecule has 0 radical (unpaired) electrons. The van der Waals surface area contributed by atoms with Crippen molar-refractivity contribution in [3.8, 4) is 5.75 Å². The van der Waals surface area contributed by atoms with Crippen LogP contribution in [-0.4, -0.2) is 30.3 Å². The van der Waals surface area contributed by atoms with Crippen LogP contribution in [0.5, 0.6) is 5.75 Å². The number of fused-ring (bicyclic) bond motifs is 1.